The van der Waals surface area contributed by atoms with Gasteiger partial charge in [0.25, 0.3) is 5.91 Å². The Morgan fingerprint density at radius 3 is 1.96 bits per heavy atom. The first-order valence-corrected chi connectivity index (χ1v) is 9.56. The molecule has 2 rings (SSSR count). The molecule has 140 valence electrons. The van der Waals surface area contributed by atoms with E-state index in [9.17, 15) is 13.2 Å². The van der Waals surface area contributed by atoms with Gasteiger partial charge in [-0.3, -0.25) is 4.79 Å². The minimum atomic E-state index is -3.30. The van der Waals surface area contributed by atoms with E-state index in [-0.39, 0.29) is 17.3 Å². The van der Waals surface area contributed by atoms with Crippen molar-refractivity contribution in [3.8, 4) is 17.2 Å². The minimum Gasteiger partial charge on any atom is -0.496 e. The third-order valence-corrected chi connectivity index (χ3v) is 4.90. The van der Waals surface area contributed by atoms with Gasteiger partial charge in [0, 0.05) is 30.0 Å². The van der Waals surface area contributed by atoms with Gasteiger partial charge >= 0.3 is 0 Å². The summed E-state index contributed by atoms with van der Waals surface area (Å²) in [6, 6.07) is 9.16. The summed E-state index contributed by atoms with van der Waals surface area (Å²) in [4.78, 5) is 12.5. The predicted molar refractivity (Wildman–Crippen MR) is 96.8 cm³/mol. The van der Waals surface area contributed by atoms with Crippen molar-refractivity contribution >= 4 is 15.7 Å². The van der Waals surface area contributed by atoms with Crippen LogP contribution in [0.4, 0.5) is 0 Å². The predicted octanol–water partition coefficient (Wildman–Crippen LogP) is 2.05. The summed E-state index contributed by atoms with van der Waals surface area (Å²) in [5.41, 5.74) is 1.07. The van der Waals surface area contributed by atoms with Crippen LogP contribution in [0.15, 0.2) is 41.3 Å². The highest BCUT2D eigenvalue weighted by Gasteiger charge is 2.14. The smallest absolute Gasteiger partial charge is 0.251 e. The molecule has 0 atom stereocenters. The minimum absolute atomic E-state index is 0.163. The summed E-state index contributed by atoms with van der Waals surface area (Å²) in [5, 5.41) is 2.77. The number of benzene rings is 2. The van der Waals surface area contributed by atoms with Gasteiger partial charge in [0.15, 0.2) is 21.3 Å². The third kappa shape index (κ3) is 4.45. The second-order valence-electron chi connectivity index (χ2n) is 5.50. The van der Waals surface area contributed by atoms with Gasteiger partial charge in [-0.1, -0.05) is 0 Å². The zero-order valence-electron chi connectivity index (χ0n) is 15.0. The van der Waals surface area contributed by atoms with E-state index in [0.29, 0.717) is 28.4 Å². The molecule has 1 amide bonds. The highest BCUT2D eigenvalue weighted by Crippen LogP contribution is 2.34. The first kappa shape index (κ1) is 19.6. The van der Waals surface area contributed by atoms with Gasteiger partial charge in [0.1, 0.15) is 5.75 Å². The summed E-state index contributed by atoms with van der Waals surface area (Å²) < 4.78 is 38.8. The van der Waals surface area contributed by atoms with Crippen LogP contribution in [0, 0.1) is 0 Å². The Labute approximate surface area is 152 Å². The van der Waals surface area contributed by atoms with E-state index >= 15 is 0 Å². The Morgan fingerprint density at radius 2 is 1.46 bits per heavy atom. The van der Waals surface area contributed by atoms with Gasteiger partial charge in [0.05, 0.1) is 26.2 Å². The molecule has 0 fully saturated rings. The average molecular weight is 379 g/mol. The lowest BCUT2D eigenvalue weighted by atomic mass is 10.1. The highest BCUT2D eigenvalue weighted by molar-refractivity contribution is 7.90. The third-order valence-electron chi connectivity index (χ3n) is 3.77. The highest BCUT2D eigenvalue weighted by atomic mass is 32.2. The molecule has 0 aliphatic carbocycles. The molecule has 0 aliphatic rings. The molecule has 0 bridgehead atoms. The van der Waals surface area contributed by atoms with Crippen LogP contribution in [0.3, 0.4) is 0 Å². The maximum absolute atomic E-state index is 12.3. The van der Waals surface area contributed by atoms with Crippen molar-refractivity contribution in [3.63, 3.8) is 0 Å². The summed E-state index contributed by atoms with van der Waals surface area (Å²) in [6.45, 7) is 0.205. The summed E-state index contributed by atoms with van der Waals surface area (Å²) in [7, 11) is 1.28. The lowest BCUT2D eigenvalue weighted by Crippen LogP contribution is -2.23. The van der Waals surface area contributed by atoms with E-state index in [0.717, 1.165) is 6.26 Å². The average Bonchev–Trinajstić information content (AvgIpc) is 2.64. The van der Waals surface area contributed by atoms with Gasteiger partial charge in [0.2, 0.25) is 0 Å². The van der Waals surface area contributed by atoms with E-state index in [1.807, 2.05) is 0 Å². The normalized spacial score (nSPS) is 10.9. The number of sulfone groups is 1. The molecule has 26 heavy (non-hydrogen) atoms. The lowest BCUT2D eigenvalue weighted by Gasteiger charge is -2.14. The van der Waals surface area contributed by atoms with Crippen LogP contribution in [-0.2, 0) is 16.4 Å². The van der Waals surface area contributed by atoms with Crippen LogP contribution >= 0.6 is 0 Å². The molecule has 7 nitrogen and oxygen atoms in total. The number of nitrogens with one attached hydrogen (secondary N) is 1. The number of ether oxygens (including phenoxy) is 3. The summed E-state index contributed by atoms with van der Waals surface area (Å²) in [6.07, 6.45) is 1.12. The molecule has 8 heteroatoms. The van der Waals surface area contributed by atoms with E-state index in [1.165, 1.54) is 45.6 Å². The first-order chi connectivity index (χ1) is 12.3. The van der Waals surface area contributed by atoms with E-state index < -0.39 is 9.84 Å². The maximum atomic E-state index is 12.3. The van der Waals surface area contributed by atoms with Gasteiger partial charge < -0.3 is 19.5 Å². The van der Waals surface area contributed by atoms with Crippen LogP contribution in [0.2, 0.25) is 0 Å². The number of carbonyl (C=O) groups is 1. The molecule has 0 saturated heterocycles. The Hall–Kier alpha value is -2.74. The zero-order valence-corrected chi connectivity index (χ0v) is 15.8. The molecule has 0 spiro atoms. The van der Waals surface area contributed by atoms with Crippen molar-refractivity contribution in [1.29, 1.82) is 0 Å². The Bertz CT molecular complexity index is 891. The SMILES string of the molecule is COc1cc(OC)c(OC)cc1CNC(=O)c1ccc(S(C)(=O)=O)cc1. The van der Waals surface area contributed by atoms with Crippen molar-refractivity contribution in [1.82, 2.24) is 5.32 Å². The molecular formula is C18H21NO6S. The Balaban J connectivity index is 2.16. The second kappa shape index (κ2) is 8.09. The monoisotopic (exact) mass is 379 g/mol. The summed E-state index contributed by atoms with van der Waals surface area (Å²) >= 11 is 0. The molecule has 0 heterocycles. The molecular weight excluding hydrogens is 358 g/mol. The molecule has 2 aromatic rings. The van der Waals surface area contributed by atoms with Gasteiger partial charge in [-0.15, -0.1) is 0 Å². The van der Waals surface area contributed by atoms with Crippen LogP contribution in [0.1, 0.15) is 15.9 Å². The molecule has 0 radical (unpaired) electrons. The second-order valence-corrected chi connectivity index (χ2v) is 7.51. The maximum Gasteiger partial charge on any atom is 0.251 e. The van der Waals surface area contributed by atoms with Crippen LogP contribution in [0.25, 0.3) is 0 Å². The fraction of sp³-hybridized carbons (Fsp3) is 0.278. The van der Waals surface area contributed by atoms with Gasteiger partial charge in [-0.25, -0.2) is 8.42 Å². The molecule has 0 unspecified atom stereocenters. The van der Waals surface area contributed by atoms with Crippen LogP contribution in [-0.4, -0.2) is 41.9 Å². The Kier molecular flexibility index (Phi) is 6.10. The fourth-order valence-corrected chi connectivity index (χ4v) is 2.99. The van der Waals surface area contributed by atoms with E-state index in [1.54, 1.807) is 12.1 Å². The van der Waals surface area contributed by atoms with Crippen molar-refractivity contribution in [2.24, 2.45) is 0 Å². The number of amides is 1. The summed E-state index contributed by atoms with van der Waals surface area (Å²) in [5.74, 6) is 1.27. The van der Waals surface area contributed by atoms with E-state index in [2.05, 4.69) is 5.32 Å². The van der Waals surface area contributed by atoms with Crippen molar-refractivity contribution in [2.75, 3.05) is 27.6 Å². The molecule has 0 aliphatic heterocycles. The standard InChI is InChI=1S/C18H21NO6S/c1-23-15-10-17(25-3)16(24-2)9-13(15)11-19-18(20)12-5-7-14(8-6-12)26(4,21)22/h5-10H,11H2,1-4H3,(H,19,20). The van der Waals surface area contributed by atoms with Crippen molar-refractivity contribution < 1.29 is 27.4 Å². The molecule has 1 N–H and O–H groups in total. The number of hydrogen-bond acceptors (Lipinski definition) is 6. The van der Waals surface area contributed by atoms with Crippen LogP contribution in [0.5, 0.6) is 17.2 Å². The molecule has 2 aromatic carbocycles. The quantitative estimate of drug-likeness (QED) is 0.792. The lowest BCUT2D eigenvalue weighted by molar-refractivity contribution is 0.0950. The fourth-order valence-electron chi connectivity index (χ4n) is 2.36. The largest absolute Gasteiger partial charge is 0.496 e. The number of hydrogen-bond donors (Lipinski definition) is 1. The first-order valence-electron chi connectivity index (χ1n) is 7.67. The van der Waals surface area contributed by atoms with E-state index in [4.69, 9.17) is 14.2 Å². The van der Waals surface area contributed by atoms with Gasteiger partial charge in [-0.05, 0) is 30.3 Å². The number of carbonyl (C=O) groups excluding carboxylic acids is 1. The number of rotatable bonds is 7. The van der Waals surface area contributed by atoms with Crippen LogP contribution < -0.4 is 19.5 Å². The van der Waals surface area contributed by atoms with Crippen molar-refractivity contribution in [2.45, 2.75) is 11.4 Å². The zero-order chi connectivity index (χ0) is 19.3. The Morgan fingerprint density at radius 1 is 0.923 bits per heavy atom. The number of methoxy groups -OCH3 is 3. The van der Waals surface area contributed by atoms with Crippen molar-refractivity contribution in [3.05, 3.63) is 47.5 Å². The topological polar surface area (TPSA) is 90.9 Å². The molecule has 0 saturated carbocycles. The molecule has 0 aromatic heterocycles. The van der Waals surface area contributed by atoms with Gasteiger partial charge in [-0.2, -0.15) is 0 Å².